The first-order valence-electron chi connectivity index (χ1n) is 10.1. The van der Waals surface area contributed by atoms with Crippen molar-refractivity contribution in [1.29, 1.82) is 0 Å². The molecule has 2 aromatic rings. The molecule has 0 aliphatic rings. The quantitative estimate of drug-likeness (QED) is 0.447. The Morgan fingerprint density at radius 3 is 2.04 bits per heavy atom. The summed E-state index contributed by atoms with van der Waals surface area (Å²) in [5, 5.41) is 0. The molecule has 0 bridgehead atoms. The second-order valence-corrected chi connectivity index (χ2v) is 11.1. The summed E-state index contributed by atoms with van der Waals surface area (Å²) < 4.78 is 13.5. The molecule has 150 valence electrons. The summed E-state index contributed by atoms with van der Waals surface area (Å²) in [4.78, 5) is 13.3. The highest BCUT2D eigenvalue weighted by Gasteiger charge is 2.42. The van der Waals surface area contributed by atoms with Crippen LogP contribution in [0.15, 0.2) is 42.5 Å². The second kappa shape index (κ2) is 9.14. The minimum Gasteiger partial charge on any atom is -0.234 e. The van der Waals surface area contributed by atoms with Crippen LogP contribution in [0.4, 0.5) is 0 Å². The van der Waals surface area contributed by atoms with Crippen molar-refractivity contribution in [1.82, 2.24) is 0 Å². The minimum absolute atomic E-state index is 0.207. The van der Waals surface area contributed by atoms with Gasteiger partial charge in [-0.05, 0) is 49.7 Å². The first kappa shape index (κ1) is 22.5. The van der Waals surface area contributed by atoms with Gasteiger partial charge >= 0.3 is 13.3 Å². The molecule has 0 amide bonds. The van der Waals surface area contributed by atoms with Gasteiger partial charge in [-0.1, -0.05) is 80.3 Å². The maximum Gasteiger partial charge on any atom is 0.428 e. The maximum atomic E-state index is 13.5. The summed E-state index contributed by atoms with van der Waals surface area (Å²) >= 11 is 0. The molecule has 0 aliphatic carbocycles. The zero-order valence-electron chi connectivity index (χ0n) is 18.4. The van der Waals surface area contributed by atoms with E-state index >= 15 is 0 Å². The lowest BCUT2D eigenvalue weighted by atomic mass is 9.83. The Morgan fingerprint density at radius 2 is 1.54 bits per heavy atom. The molecule has 2 aromatic carbocycles. The average Bonchev–Trinajstić information content (AvgIpc) is 2.57. The number of aryl methyl sites for hydroxylation is 3. The summed E-state index contributed by atoms with van der Waals surface area (Å²) in [6.07, 6.45) is 1.79. The molecule has 0 spiro atoms. The Kier molecular flexibility index (Phi) is 7.34. The van der Waals surface area contributed by atoms with E-state index in [9.17, 15) is 9.36 Å². The van der Waals surface area contributed by atoms with Gasteiger partial charge in [-0.15, -0.1) is 0 Å². The Balaban J connectivity index is 2.38. The van der Waals surface area contributed by atoms with E-state index < -0.39 is 7.80 Å². The van der Waals surface area contributed by atoms with Crippen molar-refractivity contribution in [3.8, 4) is 0 Å². The predicted molar refractivity (Wildman–Crippen MR) is 120 cm³/mol. The molecule has 0 saturated carbocycles. The SMILES string of the molecule is Cc1cc(C)c(C(=O)[P+](=O)C(CC(C)CC(C)(C)C)c2ccccc2)c(C)c1. The second-order valence-electron chi connectivity index (χ2n) is 9.44. The van der Waals surface area contributed by atoms with Crippen LogP contribution in [0.2, 0.25) is 0 Å². The minimum atomic E-state index is -2.06. The lowest BCUT2D eigenvalue weighted by Crippen LogP contribution is -2.14. The Bertz CT molecular complexity index is 824. The third kappa shape index (κ3) is 5.85. The van der Waals surface area contributed by atoms with Gasteiger partial charge in [0.2, 0.25) is 0 Å². The van der Waals surface area contributed by atoms with Crippen molar-refractivity contribution in [2.75, 3.05) is 0 Å². The van der Waals surface area contributed by atoms with Gasteiger partial charge in [0.1, 0.15) is 0 Å². The molecular formula is C25H34O2P+. The van der Waals surface area contributed by atoms with Crippen LogP contribution < -0.4 is 0 Å². The van der Waals surface area contributed by atoms with E-state index in [1.54, 1.807) is 0 Å². The van der Waals surface area contributed by atoms with E-state index in [0.717, 1.165) is 35.1 Å². The highest BCUT2D eigenvalue weighted by atomic mass is 31.1. The summed E-state index contributed by atoms with van der Waals surface area (Å²) in [6, 6.07) is 13.9. The molecule has 3 atom stereocenters. The standard InChI is InChI=1S/C25H34O2P/c1-17-13-19(3)23(20(4)14-17)24(26)28(27)22(21-11-9-8-10-12-21)15-18(2)16-25(5,6)7/h8-14,18,22H,15-16H2,1-7H3/q+1. The first-order chi connectivity index (χ1) is 13.0. The summed E-state index contributed by atoms with van der Waals surface area (Å²) in [6.45, 7) is 14.8. The molecule has 2 nitrogen and oxygen atoms in total. The van der Waals surface area contributed by atoms with E-state index in [4.69, 9.17) is 0 Å². The Labute approximate surface area is 171 Å². The molecule has 0 aliphatic heterocycles. The van der Waals surface area contributed by atoms with Crippen LogP contribution in [0.25, 0.3) is 0 Å². The zero-order chi connectivity index (χ0) is 21.1. The van der Waals surface area contributed by atoms with Crippen molar-refractivity contribution in [2.45, 2.75) is 67.0 Å². The molecule has 28 heavy (non-hydrogen) atoms. The van der Waals surface area contributed by atoms with Gasteiger partial charge in [-0.2, -0.15) is 0 Å². The highest BCUT2D eigenvalue weighted by molar-refractivity contribution is 7.64. The fourth-order valence-electron chi connectivity index (χ4n) is 4.32. The maximum absolute atomic E-state index is 13.5. The summed E-state index contributed by atoms with van der Waals surface area (Å²) in [5.41, 5.74) is 4.35. The molecule has 0 aromatic heterocycles. The van der Waals surface area contributed by atoms with Crippen LogP contribution in [0.3, 0.4) is 0 Å². The van der Waals surface area contributed by atoms with Gasteiger partial charge in [0.25, 0.3) is 0 Å². The number of rotatable bonds is 7. The lowest BCUT2D eigenvalue weighted by molar-refractivity contribution is 0.107. The molecule has 0 fully saturated rings. The van der Waals surface area contributed by atoms with Gasteiger partial charge in [0, 0.05) is 12.0 Å². The molecule has 0 saturated heterocycles. The fraction of sp³-hybridized carbons (Fsp3) is 0.480. The number of hydrogen-bond acceptors (Lipinski definition) is 2. The van der Waals surface area contributed by atoms with Gasteiger partial charge in [-0.25, -0.2) is 4.79 Å². The largest absolute Gasteiger partial charge is 0.428 e. The van der Waals surface area contributed by atoms with Crippen molar-refractivity contribution < 1.29 is 9.36 Å². The van der Waals surface area contributed by atoms with E-state index in [1.807, 2.05) is 63.2 Å². The van der Waals surface area contributed by atoms with E-state index in [1.165, 1.54) is 0 Å². The third-order valence-electron chi connectivity index (χ3n) is 5.14. The van der Waals surface area contributed by atoms with E-state index in [-0.39, 0.29) is 16.6 Å². The topological polar surface area (TPSA) is 34.1 Å². The van der Waals surface area contributed by atoms with Crippen LogP contribution in [-0.4, -0.2) is 5.52 Å². The van der Waals surface area contributed by atoms with Crippen LogP contribution in [0.5, 0.6) is 0 Å². The number of hydrogen-bond donors (Lipinski definition) is 0. The zero-order valence-corrected chi connectivity index (χ0v) is 19.3. The molecule has 0 radical (unpaired) electrons. The molecule has 3 unspecified atom stereocenters. The monoisotopic (exact) mass is 397 g/mol. The number of carbonyl (C=O) groups excluding carboxylic acids is 1. The van der Waals surface area contributed by atoms with Crippen molar-refractivity contribution in [3.05, 3.63) is 70.3 Å². The van der Waals surface area contributed by atoms with E-state index in [0.29, 0.717) is 11.5 Å². The van der Waals surface area contributed by atoms with Crippen LogP contribution in [0, 0.1) is 32.1 Å². The highest BCUT2D eigenvalue weighted by Crippen LogP contribution is 2.49. The van der Waals surface area contributed by atoms with Crippen LogP contribution >= 0.6 is 7.80 Å². The Morgan fingerprint density at radius 1 is 1.00 bits per heavy atom. The summed E-state index contributed by atoms with van der Waals surface area (Å²) in [7, 11) is -2.06. The number of benzene rings is 2. The molecule has 3 heteroatoms. The molecular weight excluding hydrogens is 363 g/mol. The van der Waals surface area contributed by atoms with Gasteiger partial charge in [0.15, 0.2) is 5.66 Å². The normalized spacial score (nSPS) is 14.5. The lowest BCUT2D eigenvalue weighted by Gasteiger charge is -2.24. The van der Waals surface area contributed by atoms with E-state index in [2.05, 4.69) is 27.7 Å². The predicted octanol–water partition coefficient (Wildman–Crippen LogP) is 7.78. The molecule has 0 N–H and O–H groups in total. The van der Waals surface area contributed by atoms with Crippen molar-refractivity contribution in [3.63, 3.8) is 0 Å². The van der Waals surface area contributed by atoms with Gasteiger partial charge in [0.05, 0.1) is 5.56 Å². The first-order valence-corrected chi connectivity index (χ1v) is 11.5. The summed E-state index contributed by atoms with van der Waals surface area (Å²) in [5.74, 6) is 0.386. The van der Waals surface area contributed by atoms with Crippen molar-refractivity contribution in [2.24, 2.45) is 11.3 Å². The van der Waals surface area contributed by atoms with Crippen LogP contribution in [-0.2, 0) is 4.57 Å². The average molecular weight is 398 g/mol. The molecule has 2 rings (SSSR count). The molecule has 0 heterocycles. The van der Waals surface area contributed by atoms with Gasteiger partial charge in [-0.3, -0.25) is 0 Å². The number of carbonyl (C=O) groups is 1. The van der Waals surface area contributed by atoms with Crippen LogP contribution in [0.1, 0.15) is 78.8 Å². The van der Waals surface area contributed by atoms with Gasteiger partial charge < -0.3 is 0 Å². The fourth-order valence-corrected chi connectivity index (χ4v) is 6.17. The Hall–Kier alpha value is -1.79. The smallest absolute Gasteiger partial charge is 0.234 e. The third-order valence-corrected chi connectivity index (χ3v) is 6.84. The van der Waals surface area contributed by atoms with Crippen molar-refractivity contribution >= 4 is 13.3 Å².